The molecule has 2 rings (SSSR count). The zero-order chi connectivity index (χ0) is 14.7. The van der Waals surface area contributed by atoms with E-state index in [9.17, 15) is 20.2 Å². The second kappa shape index (κ2) is 5.75. The van der Waals surface area contributed by atoms with Crippen molar-refractivity contribution >= 4 is 23.4 Å². The van der Waals surface area contributed by atoms with Crippen LogP contribution in [0.15, 0.2) is 34.9 Å². The van der Waals surface area contributed by atoms with Gasteiger partial charge in [0.15, 0.2) is 0 Å². The Balaban J connectivity index is 2.42. The Bertz CT molecular complexity index is 631. The lowest BCUT2D eigenvalue weighted by Crippen LogP contribution is -2.30. The number of hydrogen-bond donors (Lipinski definition) is 1. The first-order chi connectivity index (χ1) is 9.56. The normalized spacial score (nSPS) is 18.4. The standard InChI is InChI=1S/C13H11N3O3S/c1-20-13-11(7-14)10(6-12(17)15-13)8-2-4-9(5-3-8)16(18)19/h2-5,10H,6H2,1H3,(H,15,17)/t10-/m1/s1. The van der Waals surface area contributed by atoms with E-state index in [-0.39, 0.29) is 23.9 Å². The number of carbonyl (C=O) groups excluding carboxylic acids is 1. The second-order valence-corrected chi connectivity index (χ2v) is 5.03. The molecule has 7 heteroatoms. The predicted octanol–water partition coefficient (Wildman–Crippen LogP) is 2.30. The van der Waals surface area contributed by atoms with Crippen LogP contribution in [0.1, 0.15) is 17.9 Å². The summed E-state index contributed by atoms with van der Waals surface area (Å²) in [5.74, 6) is -0.506. The van der Waals surface area contributed by atoms with Gasteiger partial charge in [-0.2, -0.15) is 5.26 Å². The van der Waals surface area contributed by atoms with E-state index in [0.29, 0.717) is 10.6 Å². The first-order valence-corrected chi connectivity index (χ1v) is 7.01. The van der Waals surface area contributed by atoms with Gasteiger partial charge in [0.05, 0.1) is 21.6 Å². The number of nitriles is 1. The van der Waals surface area contributed by atoms with Gasteiger partial charge in [0.2, 0.25) is 5.91 Å². The van der Waals surface area contributed by atoms with Gasteiger partial charge in [-0.05, 0) is 11.8 Å². The molecule has 6 nitrogen and oxygen atoms in total. The van der Waals surface area contributed by atoms with Gasteiger partial charge in [-0.15, -0.1) is 11.8 Å². The van der Waals surface area contributed by atoms with E-state index in [1.807, 2.05) is 0 Å². The largest absolute Gasteiger partial charge is 0.320 e. The van der Waals surface area contributed by atoms with Crippen LogP contribution < -0.4 is 5.32 Å². The van der Waals surface area contributed by atoms with Gasteiger partial charge < -0.3 is 5.32 Å². The monoisotopic (exact) mass is 289 g/mol. The average molecular weight is 289 g/mol. The Morgan fingerprint density at radius 2 is 2.10 bits per heavy atom. The number of nitro groups is 1. The van der Waals surface area contributed by atoms with Crippen molar-refractivity contribution in [3.05, 3.63) is 50.5 Å². The van der Waals surface area contributed by atoms with Gasteiger partial charge in [0, 0.05) is 24.5 Å². The Hall–Kier alpha value is -2.33. The second-order valence-electron chi connectivity index (χ2n) is 4.21. The lowest BCUT2D eigenvalue weighted by molar-refractivity contribution is -0.384. The molecule has 0 bridgehead atoms. The van der Waals surface area contributed by atoms with Gasteiger partial charge in [-0.3, -0.25) is 14.9 Å². The van der Waals surface area contributed by atoms with Gasteiger partial charge in [-0.1, -0.05) is 12.1 Å². The third kappa shape index (κ3) is 2.65. The summed E-state index contributed by atoms with van der Waals surface area (Å²) in [6, 6.07) is 8.08. The molecule has 0 fully saturated rings. The van der Waals surface area contributed by atoms with E-state index >= 15 is 0 Å². The summed E-state index contributed by atoms with van der Waals surface area (Å²) < 4.78 is 0. The smallest absolute Gasteiger partial charge is 0.269 e. The molecule has 102 valence electrons. The van der Waals surface area contributed by atoms with Crippen LogP contribution in [0.25, 0.3) is 0 Å². The number of benzene rings is 1. The molecule has 1 heterocycles. The van der Waals surface area contributed by atoms with Crippen molar-refractivity contribution in [2.75, 3.05) is 6.26 Å². The lowest BCUT2D eigenvalue weighted by Gasteiger charge is -2.24. The fraction of sp³-hybridized carbons (Fsp3) is 0.231. The first kappa shape index (κ1) is 14.1. The van der Waals surface area contributed by atoms with Crippen molar-refractivity contribution in [2.24, 2.45) is 0 Å². The number of rotatable bonds is 3. The fourth-order valence-corrected chi connectivity index (χ4v) is 2.72. The van der Waals surface area contributed by atoms with E-state index in [4.69, 9.17) is 0 Å². The Morgan fingerprint density at radius 1 is 1.45 bits per heavy atom. The van der Waals surface area contributed by atoms with E-state index < -0.39 is 4.92 Å². The van der Waals surface area contributed by atoms with Crippen LogP contribution in [-0.2, 0) is 4.79 Å². The van der Waals surface area contributed by atoms with Crippen molar-refractivity contribution in [3.8, 4) is 6.07 Å². The minimum atomic E-state index is -0.480. The molecule has 1 atom stereocenters. The Morgan fingerprint density at radius 3 is 2.60 bits per heavy atom. The van der Waals surface area contributed by atoms with Crippen LogP contribution in [-0.4, -0.2) is 17.1 Å². The summed E-state index contributed by atoms with van der Waals surface area (Å²) in [6.45, 7) is 0. The van der Waals surface area contributed by atoms with Crippen LogP contribution in [0.2, 0.25) is 0 Å². The maximum atomic E-state index is 11.7. The van der Waals surface area contributed by atoms with Crippen LogP contribution in [0.3, 0.4) is 0 Å². The molecule has 1 aromatic carbocycles. The number of nitrogens with zero attached hydrogens (tertiary/aromatic N) is 2. The molecule has 0 unspecified atom stereocenters. The zero-order valence-electron chi connectivity index (χ0n) is 10.6. The molecule has 1 aromatic rings. The van der Waals surface area contributed by atoms with Crippen LogP contribution in [0.4, 0.5) is 5.69 Å². The summed E-state index contributed by atoms with van der Waals surface area (Å²) in [7, 11) is 0. The first-order valence-electron chi connectivity index (χ1n) is 5.79. The van der Waals surface area contributed by atoms with Crippen molar-refractivity contribution in [3.63, 3.8) is 0 Å². The van der Waals surface area contributed by atoms with Gasteiger partial charge in [0.25, 0.3) is 5.69 Å². The molecule has 0 spiro atoms. The highest BCUT2D eigenvalue weighted by Gasteiger charge is 2.29. The van der Waals surface area contributed by atoms with Crippen LogP contribution >= 0.6 is 11.8 Å². The summed E-state index contributed by atoms with van der Waals surface area (Å²) in [4.78, 5) is 21.8. The summed E-state index contributed by atoms with van der Waals surface area (Å²) in [6.07, 6.45) is 1.95. The predicted molar refractivity (Wildman–Crippen MR) is 74.8 cm³/mol. The molecule has 0 aliphatic carbocycles. The molecule has 1 aliphatic heterocycles. The molecule has 0 saturated heterocycles. The third-order valence-corrected chi connectivity index (χ3v) is 3.80. The number of nitro benzene ring substituents is 1. The molecular weight excluding hydrogens is 278 g/mol. The highest BCUT2D eigenvalue weighted by molar-refractivity contribution is 8.02. The maximum absolute atomic E-state index is 11.7. The SMILES string of the molecule is CSC1=C(C#N)[C@@H](c2ccc([N+](=O)[O-])cc2)CC(=O)N1. The third-order valence-electron chi connectivity index (χ3n) is 3.07. The minimum Gasteiger partial charge on any atom is -0.320 e. The summed E-state index contributed by atoms with van der Waals surface area (Å²) in [5.41, 5.74) is 1.21. The topological polar surface area (TPSA) is 96.0 Å². The van der Waals surface area contributed by atoms with E-state index in [0.717, 1.165) is 5.56 Å². The number of amides is 1. The maximum Gasteiger partial charge on any atom is 0.269 e. The molecule has 0 saturated carbocycles. The van der Waals surface area contributed by atoms with Crippen molar-refractivity contribution < 1.29 is 9.72 Å². The van der Waals surface area contributed by atoms with Crippen molar-refractivity contribution in [1.29, 1.82) is 5.26 Å². The number of thioether (sulfide) groups is 1. The number of carbonyl (C=O) groups is 1. The van der Waals surface area contributed by atoms with Gasteiger partial charge in [-0.25, -0.2) is 0 Å². The van der Waals surface area contributed by atoms with E-state index in [1.165, 1.54) is 23.9 Å². The fourth-order valence-electron chi connectivity index (χ4n) is 2.09. The van der Waals surface area contributed by atoms with Crippen molar-refractivity contribution in [1.82, 2.24) is 5.32 Å². The number of non-ortho nitro benzene ring substituents is 1. The highest BCUT2D eigenvalue weighted by Crippen LogP contribution is 2.35. The Kier molecular flexibility index (Phi) is 4.05. The van der Waals surface area contributed by atoms with E-state index in [2.05, 4.69) is 11.4 Å². The zero-order valence-corrected chi connectivity index (χ0v) is 11.4. The number of nitrogens with one attached hydrogen (secondary N) is 1. The molecule has 0 radical (unpaired) electrons. The van der Waals surface area contributed by atoms with Gasteiger partial charge >= 0.3 is 0 Å². The minimum absolute atomic E-state index is 0.0124. The molecular formula is C13H11N3O3S. The number of allylic oxidation sites excluding steroid dienone is 1. The molecule has 1 N–H and O–H groups in total. The highest BCUT2D eigenvalue weighted by atomic mass is 32.2. The van der Waals surface area contributed by atoms with Crippen LogP contribution in [0.5, 0.6) is 0 Å². The van der Waals surface area contributed by atoms with Crippen molar-refractivity contribution in [2.45, 2.75) is 12.3 Å². The molecule has 0 aromatic heterocycles. The van der Waals surface area contributed by atoms with E-state index in [1.54, 1.807) is 18.4 Å². The molecule has 1 amide bonds. The summed E-state index contributed by atoms with van der Waals surface area (Å²) in [5, 5.41) is 23.1. The summed E-state index contributed by atoms with van der Waals surface area (Å²) >= 11 is 1.31. The Labute approximate surface area is 119 Å². The molecule has 20 heavy (non-hydrogen) atoms. The quantitative estimate of drug-likeness (QED) is 0.680. The molecule has 1 aliphatic rings. The average Bonchev–Trinajstić information content (AvgIpc) is 2.46. The van der Waals surface area contributed by atoms with Crippen LogP contribution in [0, 0.1) is 21.4 Å². The number of hydrogen-bond acceptors (Lipinski definition) is 5. The van der Waals surface area contributed by atoms with Gasteiger partial charge in [0.1, 0.15) is 0 Å². The lowest BCUT2D eigenvalue weighted by atomic mass is 9.87.